The summed E-state index contributed by atoms with van der Waals surface area (Å²) in [6.45, 7) is 10.1. The highest BCUT2D eigenvalue weighted by Crippen LogP contribution is 2.15. The summed E-state index contributed by atoms with van der Waals surface area (Å²) in [5.74, 6) is 1.96. The van der Waals surface area contributed by atoms with Gasteiger partial charge in [0.2, 0.25) is 17.8 Å². The molecule has 2 rings (SSSR count). The first-order chi connectivity index (χ1) is 9.72. The second kappa shape index (κ2) is 7.23. The molecule has 2 N–H and O–H groups in total. The minimum absolute atomic E-state index is 0.337. The second-order valence-corrected chi connectivity index (χ2v) is 4.87. The molecule has 1 fully saturated rings. The van der Waals surface area contributed by atoms with E-state index in [1.54, 1.807) is 0 Å². The van der Waals surface area contributed by atoms with E-state index in [1.807, 2.05) is 6.92 Å². The Bertz CT molecular complexity index is 421. The highest BCUT2D eigenvalue weighted by atomic mass is 16.5. The molecule has 0 amide bonds. The topological polar surface area (TPSA) is 75.2 Å². The molecule has 1 saturated heterocycles. The lowest BCUT2D eigenvalue weighted by atomic mass is 10.3. The zero-order valence-electron chi connectivity index (χ0n) is 12.5. The first-order valence-electron chi connectivity index (χ1n) is 7.32. The molecule has 2 heterocycles. The van der Waals surface area contributed by atoms with Crippen molar-refractivity contribution in [1.82, 2.24) is 15.0 Å². The Morgan fingerprint density at radius 2 is 1.85 bits per heavy atom. The number of nitrogens with zero attached hydrogens (tertiary/aromatic N) is 4. The number of anilines is 3. The van der Waals surface area contributed by atoms with E-state index in [9.17, 15) is 0 Å². The van der Waals surface area contributed by atoms with Gasteiger partial charge in [-0.1, -0.05) is 6.92 Å². The lowest BCUT2D eigenvalue weighted by Gasteiger charge is -2.27. The smallest absolute Gasteiger partial charge is 0.232 e. The van der Waals surface area contributed by atoms with Crippen molar-refractivity contribution in [3.8, 4) is 0 Å². The molecule has 7 heteroatoms. The summed E-state index contributed by atoms with van der Waals surface area (Å²) in [5, 5.41) is 6.47. The van der Waals surface area contributed by atoms with Gasteiger partial charge in [-0.2, -0.15) is 15.0 Å². The van der Waals surface area contributed by atoms with Crippen LogP contribution in [0.15, 0.2) is 0 Å². The van der Waals surface area contributed by atoms with Crippen molar-refractivity contribution < 1.29 is 4.74 Å². The van der Waals surface area contributed by atoms with Crippen LogP contribution in [0, 0.1) is 0 Å². The average molecular weight is 280 g/mol. The molecule has 0 saturated carbocycles. The number of rotatable bonds is 6. The van der Waals surface area contributed by atoms with Gasteiger partial charge in [0, 0.05) is 25.7 Å². The maximum atomic E-state index is 5.37. The molecule has 0 spiro atoms. The second-order valence-electron chi connectivity index (χ2n) is 4.87. The van der Waals surface area contributed by atoms with Crippen LogP contribution in [0.2, 0.25) is 0 Å². The lowest BCUT2D eigenvalue weighted by Crippen LogP contribution is -2.37. The normalized spacial score (nSPS) is 16.9. The maximum absolute atomic E-state index is 5.37. The Morgan fingerprint density at radius 3 is 2.50 bits per heavy atom. The molecule has 0 aliphatic carbocycles. The van der Waals surface area contributed by atoms with Gasteiger partial charge in [-0.15, -0.1) is 0 Å². The molecule has 1 aliphatic heterocycles. The Morgan fingerprint density at radius 1 is 1.15 bits per heavy atom. The molecule has 1 aliphatic rings. The minimum Gasteiger partial charge on any atom is -0.378 e. The van der Waals surface area contributed by atoms with Gasteiger partial charge in [0.15, 0.2) is 0 Å². The predicted molar refractivity (Wildman–Crippen MR) is 80.4 cm³/mol. The third kappa shape index (κ3) is 3.93. The number of aromatic nitrogens is 3. The fourth-order valence-corrected chi connectivity index (χ4v) is 1.89. The number of nitrogens with one attached hydrogen (secondary N) is 2. The van der Waals surface area contributed by atoms with Crippen LogP contribution in [-0.2, 0) is 4.74 Å². The van der Waals surface area contributed by atoms with E-state index in [1.165, 1.54) is 0 Å². The number of ether oxygens (including phenoxy) is 1. The monoisotopic (exact) mass is 280 g/mol. The van der Waals surface area contributed by atoms with Gasteiger partial charge in [0.05, 0.1) is 13.2 Å². The zero-order valence-corrected chi connectivity index (χ0v) is 12.5. The van der Waals surface area contributed by atoms with Crippen molar-refractivity contribution >= 4 is 17.8 Å². The molecule has 1 aromatic heterocycles. The molecule has 1 unspecified atom stereocenters. The molecule has 0 radical (unpaired) electrons. The summed E-state index contributed by atoms with van der Waals surface area (Å²) in [5.41, 5.74) is 0. The third-order valence-electron chi connectivity index (χ3n) is 3.24. The predicted octanol–water partition coefficient (Wildman–Crippen LogP) is 1.35. The zero-order chi connectivity index (χ0) is 14.4. The van der Waals surface area contributed by atoms with Crippen LogP contribution in [0.25, 0.3) is 0 Å². The third-order valence-corrected chi connectivity index (χ3v) is 3.24. The van der Waals surface area contributed by atoms with Crippen molar-refractivity contribution in [2.24, 2.45) is 0 Å². The van der Waals surface area contributed by atoms with Crippen LogP contribution >= 0.6 is 0 Å². The van der Waals surface area contributed by atoms with E-state index in [0.717, 1.165) is 39.3 Å². The van der Waals surface area contributed by atoms with Gasteiger partial charge in [-0.05, 0) is 20.3 Å². The average Bonchev–Trinajstić information content (AvgIpc) is 2.48. The Hall–Kier alpha value is -1.63. The highest BCUT2D eigenvalue weighted by molar-refractivity contribution is 5.44. The first-order valence-corrected chi connectivity index (χ1v) is 7.32. The summed E-state index contributed by atoms with van der Waals surface area (Å²) >= 11 is 0. The van der Waals surface area contributed by atoms with Gasteiger partial charge >= 0.3 is 0 Å². The molecule has 1 aromatic rings. The van der Waals surface area contributed by atoms with Crippen molar-refractivity contribution in [3.05, 3.63) is 0 Å². The van der Waals surface area contributed by atoms with Gasteiger partial charge in [0.1, 0.15) is 0 Å². The minimum atomic E-state index is 0.337. The molecule has 112 valence electrons. The van der Waals surface area contributed by atoms with Crippen molar-refractivity contribution in [2.75, 3.05) is 48.4 Å². The van der Waals surface area contributed by atoms with Crippen molar-refractivity contribution in [3.63, 3.8) is 0 Å². The van der Waals surface area contributed by atoms with Crippen LogP contribution in [0.3, 0.4) is 0 Å². The van der Waals surface area contributed by atoms with E-state index in [0.29, 0.717) is 23.9 Å². The van der Waals surface area contributed by atoms with Gasteiger partial charge in [0.25, 0.3) is 0 Å². The van der Waals surface area contributed by atoms with Crippen LogP contribution in [0.5, 0.6) is 0 Å². The largest absolute Gasteiger partial charge is 0.378 e. The lowest BCUT2D eigenvalue weighted by molar-refractivity contribution is 0.122. The first kappa shape index (κ1) is 14.8. The number of hydrogen-bond donors (Lipinski definition) is 2. The Kier molecular flexibility index (Phi) is 5.34. The maximum Gasteiger partial charge on any atom is 0.232 e. The Balaban J connectivity index is 2.20. The molecule has 7 nitrogen and oxygen atoms in total. The highest BCUT2D eigenvalue weighted by Gasteiger charge is 2.16. The molecule has 0 aromatic carbocycles. The van der Waals surface area contributed by atoms with Crippen molar-refractivity contribution in [1.29, 1.82) is 0 Å². The summed E-state index contributed by atoms with van der Waals surface area (Å²) in [4.78, 5) is 15.5. The van der Waals surface area contributed by atoms with Gasteiger partial charge in [-0.3, -0.25) is 0 Å². The molecular weight excluding hydrogens is 256 g/mol. The summed E-state index contributed by atoms with van der Waals surface area (Å²) in [6, 6.07) is 0.337. The molecule has 20 heavy (non-hydrogen) atoms. The van der Waals surface area contributed by atoms with E-state index in [4.69, 9.17) is 4.74 Å². The summed E-state index contributed by atoms with van der Waals surface area (Å²) in [7, 11) is 0. The van der Waals surface area contributed by atoms with E-state index < -0.39 is 0 Å². The SMILES string of the molecule is CCNc1nc(NC(C)CC)nc(N2CCOCC2)n1. The van der Waals surface area contributed by atoms with E-state index in [-0.39, 0.29) is 0 Å². The van der Waals surface area contributed by atoms with Crippen molar-refractivity contribution in [2.45, 2.75) is 33.2 Å². The standard InChI is InChI=1S/C13H24N6O/c1-4-10(3)15-12-16-11(14-5-2)17-13(18-12)19-6-8-20-9-7-19/h10H,4-9H2,1-3H3,(H2,14,15,16,17,18). The molecule has 0 bridgehead atoms. The van der Waals surface area contributed by atoms with Gasteiger partial charge < -0.3 is 20.3 Å². The number of hydrogen-bond acceptors (Lipinski definition) is 7. The van der Waals surface area contributed by atoms with Gasteiger partial charge in [-0.25, -0.2) is 0 Å². The summed E-state index contributed by atoms with van der Waals surface area (Å²) in [6.07, 6.45) is 1.02. The molecular formula is C13H24N6O. The van der Waals surface area contributed by atoms with Crippen LogP contribution in [0.4, 0.5) is 17.8 Å². The fourth-order valence-electron chi connectivity index (χ4n) is 1.89. The van der Waals surface area contributed by atoms with E-state index in [2.05, 4.69) is 44.3 Å². The van der Waals surface area contributed by atoms with Crippen LogP contribution in [-0.4, -0.2) is 53.8 Å². The van der Waals surface area contributed by atoms with Crippen LogP contribution < -0.4 is 15.5 Å². The fraction of sp³-hybridized carbons (Fsp3) is 0.769. The molecule has 1 atom stereocenters. The summed E-state index contributed by atoms with van der Waals surface area (Å²) < 4.78 is 5.37. The Labute approximate surface area is 120 Å². The number of morpholine rings is 1. The quantitative estimate of drug-likeness (QED) is 0.814. The van der Waals surface area contributed by atoms with E-state index >= 15 is 0 Å². The van der Waals surface area contributed by atoms with Crippen LogP contribution in [0.1, 0.15) is 27.2 Å².